The predicted molar refractivity (Wildman–Crippen MR) is 77.7 cm³/mol. The number of likely N-dealkylation sites (tertiary alicyclic amines) is 1. The number of rotatable bonds is 5. The van der Waals surface area contributed by atoms with Crippen LogP contribution in [0.1, 0.15) is 40.5 Å². The summed E-state index contributed by atoms with van der Waals surface area (Å²) >= 11 is 0. The molecule has 20 heavy (non-hydrogen) atoms. The molecule has 3 N–H and O–H groups in total. The van der Waals surface area contributed by atoms with Crippen LogP contribution < -0.4 is 10.6 Å². The SMILES string of the molecule is CCN1CCCC1CNC(=O)N[C@H](C(=O)O)C(C)(C)C. The van der Waals surface area contributed by atoms with Crippen LogP contribution in [-0.2, 0) is 4.79 Å². The van der Waals surface area contributed by atoms with Gasteiger partial charge >= 0.3 is 12.0 Å². The molecule has 1 aliphatic heterocycles. The van der Waals surface area contributed by atoms with E-state index in [-0.39, 0.29) is 0 Å². The molecule has 0 aliphatic carbocycles. The predicted octanol–water partition coefficient (Wildman–Crippen LogP) is 1.27. The highest BCUT2D eigenvalue weighted by Crippen LogP contribution is 2.19. The second-order valence-corrected chi connectivity index (χ2v) is 6.42. The first-order valence-electron chi connectivity index (χ1n) is 7.27. The van der Waals surface area contributed by atoms with Crippen LogP contribution >= 0.6 is 0 Å². The molecule has 6 nitrogen and oxygen atoms in total. The fraction of sp³-hybridized carbons (Fsp3) is 0.857. The molecule has 0 aromatic heterocycles. The maximum Gasteiger partial charge on any atom is 0.326 e. The van der Waals surface area contributed by atoms with Gasteiger partial charge in [-0.25, -0.2) is 9.59 Å². The monoisotopic (exact) mass is 285 g/mol. The molecule has 1 fully saturated rings. The van der Waals surface area contributed by atoms with Crippen molar-refractivity contribution < 1.29 is 14.7 Å². The quantitative estimate of drug-likeness (QED) is 0.710. The molecule has 1 unspecified atom stereocenters. The summed E-state index contributed by atoms with van der Waals surface area (Å²) in [6.07, 6.45) is 2.23. The fourth-order valence-electron chi connectivity index (χ4n) is 2.58. The van der Waals surface area contributed by atoms with Crippen LogP contribution in [0.2, 0.25) is 0 Å². The molecule has 1 heterocycles. The molecule has 2 atom stereocenters. The zero-order valence-electron chi connectivity index (χ0n) is 12.9. The van der Waals surface area contributed by atoms with Crippen molar-refractivity contribution in [3.8, 4) is 0 Å². The van der Waals surface area contributed by atoms with Crippen LogP contribution in [0.25, 0.3) is 0 Å². The molecule has 1 rings (SSSR count). The third kappa shape index (κ3) is 4.67. The maximum absolute atomic E-state index is 11.9. The van der Waals surface area contributed by atoms with Crippen LogP contribution in [0.4, 0.5) is 4.79 Å². The second kappa shape index (κ2) is 6.92. The highest BCUT2D eigenvalue weighted by atomic mass is 16.4. The number of likely N-dealkylation sites (N-methyl/N-ethyl adjacent to an activating group) is 1. The Balaban J connectivity index is 2.44. The maximum atomic E-state index is 11.9. The number of carboxylic acids is 1. The third-order valence-electron chi connectivity index (χ3n) is 3.79. The van der Waals surface area contributed by atoms with E-state index in [4.69, 9.17) is 5.11 Å². The molecule has 1 saturated heterocycles. The van der Waals surface area contributed by atoms with Crippen molar-refractivity contribution in [3.63, 3.8) is 0 Å². The Hall–Kier alpha value is -1.30. The minimum Gasteiger partial charge on any atom is -0.480 e. The lowest BCUT2D eigenvalue weighted by Crippen LogP contribution is -2.53. The van der Waals surface area contributed by atoms with Crippen molar-refractivity contribution >= 4 is 12.0 Å². The van der Waals surface area contributed by atoms with Gasteiger partial charge in [0.2, 0.25) is 0 Å². The minimum atomic E-state index is -1.01. The smallest absolute Gasteiger partial charge is 0.326 e. The first-order valence-corrected chi connectivity index (χ1v) is 7.27. The zero-order valence-corrected chi connectivity index (χ0v) is 12.9. The lowest BCUT2D eigenvalue weighted by atomic mass is 9.87. The Kier molecular flexibility index (Phi) is 5.80. The van der Waals surface area contributed by atoms with Gasteiger partial charge in [-0.3, -0.25) is 4.90 Å². The zero-order chi connectivity index (χ0) is 15.3. The van der Waals surface area contributed by atoms with Gasteiger partial charge in [-0.2, -0.15) is 0 Å². The van der Waals surface area contributed by atoms with Crippen LogP contribution in [0.15, 0.2) is 0 Å². The van der Waals surface area contributed by atoms with Gasteiger partial charge < -0.3 is 15.7 Å². The van der Waals surface area contributed by atoms with E-state index >= 15 is 0 Å². The highest BCUT2D eigenvalue weighted by molar-refractivity contribution is 5.83. The van der Waals surface area contributed by atoms with Crippen molar-refractivity contribution in [2.75, 3.05) is 19.6 Å². The molecule has 0 radical (unpaired) electrons. The van der Waals surface area contributed by atoms with Gasteiger partial charge in [0.05, 0.1) is 0 Å². The lowest BCUT2D eigenvalue weighted by molar-refractivity contribution is -0.141. The number of carbonyl (C=O) groups excluding carboxylic acids is 1. The first kappa shape index (κ1) is 16.8. The number of amides is 2. The van der Waals surface area contributed by atoms with E-state index in [1.165, 1.54) is 0 Å². The Morgan fingerprint density at radius 3 is 2.55 bits per heavy atom. The Labute approximate surface area is 120 Å². The highest BCUT2D eigenvalue weighted by Gasteiger charge is 2.33. The summed E-state index contributed by atoms with van der Waals surface area (Å²) in [6, 6.07) is -0.938. The number of aliphatic carboxylic acids is 1. The van der Waals surface area contributed by atoms with Gasteiger partial charge in [0.15, 0.2) is 0 Å². The second-order valence-electron chi connectivity index (χ2n) is 6.42. The first-order chi connectivity index (χ1) is 9.25. The van der Waals surface area contributed by atoms with Crippen molar-refractivity contribution in [2.24, 2.45) is 5.41 Å². The van der Waals surface area contributed by atoms with Gasteiger partial charge in [-0.1, -0.05) is 27.7 Å². The molecule has 0 bridgehead atoms. The van der Waals surface area contributed by atoms with Crippen LogP contribution in [0.5, 0.6) is 0 Å². The van der Waals surface area contributed by atoms with Gasteiger partial charge in [-0.15, -0.1) is 0 Å². The van der Waals surface area contributed by atoms with E-state index < -0.39 is 23.5 Å². The van der Waals surface area contributed by atoms with E-state index in [1.54, 1.807) is 20.8 Å². The van der Waals surface area contributed by atoms with Crippen LogP contribution in [0.3, 0.4) is 0 Å². The normalized spacial score (nSPS) is 21.5. The summed E-state index contributed by atoms with van der Waals surface area (Å²) in [4.78, 5) is 25.4. The number of hydrogen-bond acceptors (Lipinski definition) is 3. The number of carbonyl (C=O) groups is 2. The average molecular weight is 285 g/mol. The van der Waals surface area contributed by atoms with Crippen LogP contribution in [0, 0.1) is 5.41 Å². The Morgan fingerprint density at radius 1 is 1.40 bits per heavy atom. The van der Waals surface area contributed by atoms with E-state index in [0.717, 1.165) is 25.9 Å². The van der Waals surface area contributed by atoms with Crippen LogP contribution in [-0.4, -0.2) is 53.7 Å². The summed E-state index contributed by atoms with van der Waals surface area (Å²) in [6.45, 7) is 10.1. The molecule has 0 aromatic carbocycles. The van der Waals surface area contributed by atoms with Gasteiger partial charge in [-0.05, 0) is 31.3 Å². The summed E-state index contributed by atoms with van der Waals surface area (Å²) in [5, 5.41) is 14.5. The molecule has 1 aliphatic rings. The summed E-state index contributed by atoms with van der Waals surface area (Å²) < 4.78 is 0. The molecule has 0 aromatic rings. The number of nitrogens with zero attached hydrogens (tertiary/aromatic N) is 1. The van der Waals surface area contributed by atoms with Crippen molar-refractivity contribution in [3.05, 3.63) is 0 Å². The number of hydrogen-bond donors (Lipinski definition) is 3. The average Bonchev–Trinajstić information content (AvgIpc) is 2.78. The molecule has 0 saturated carbocycles. The topological polar surface area (TPSA) is 81.7 Å². The number of urea groups is 1. The van der Waals surface area contributed by atoms with Crippen molar-refractivity contribution in [1.29, 1.82) is 0 Å². The number of nitrogens with one attached hydrogen (secondary N) is 2. The van der Waals surface area contributed by atoms with Gasteiger partial charge in [0.1, 0.15) is 6.04 Å². The number of carboxylic acid groups (broad SMARTS) is 1. The van der Waals surface area contributed by atoms with E-state index in [2.05, 4.69) is 22.5 Å². The van der Waals surface area contributed by atoms with Gasteiger partial charge in [0.25, 0.3) is 0 Å². The molecule has 2 amide bonds. The molecule has 116 valence electrons. The Morgan fingerprint density at radius 2 is 2.05 bits per heavy atom. The molecular weight excluding hydrogens is 258 g/mol. The lowest BCUT2D eigenvalue weighted by Gasteiger charge is -2.28. The Bertz CT molecular complexity index is 352. The van der Waals surface area contributed by atoms with Crippen molar-refractivity contribution in [1.82, 2.24) is 15.5 Å². The largest absolute Gasteiger partial charge is 0.480 e. The van der Waals surface area contributed by atoms with E-state index in [0.29, 0.717) is 12.6 Å². The minimum absolute atomic E-state index is 0.365. The standard InChI is InChI=1S/C14H27N3O3/c1-5-17-8-6-7-10(17)9-15-13(20)16-11(12(18)19)14(2,3)4/h10-11H,5-9H2,1-4H3,(H,18,19)(H2,15,16,20)/t10?,11-/m1/s1. The van der Waals surface area contributed by atoms with Gasteiger partial charge in [0, 0.05) is 12.6 Å². The summed E-state index contributed by atoms with van der Waals surface area (Å²) in [7, 11) is 0. The van der Waals surface area contributed by atoms with Crippen molar-refractivity contribution in [2.45, 2.75) is 52.6 Å². The van der Waals surface area contributed by atoms with E-state index in [9.17, 15) is 9.59 Å². The molecular formula is C14H27N3O3. The summed E-state index contributed by atoms with van der Waals surface area (Å²) in [5.74, 6) is -1.01. The third-order valence-corrected chi connectivity index (χ3v) is 3.79. The molecule has 6 heteroatoms. The molecule has 0 spiro atoms. The summed E-state index contributed by atoms with van der Waals surface area (Å²) in [5.41, 5.74) is -0.522. The van der Waals surface area contributed by atoms with E-state index in [1.807, 2.05) is 0 Å². The fourth-order valence-corrected chi connectivity index (χ4v) is 2.58.